The number of amides is 1. The van der Waals surface area contributed by atoms with E-state index in [1.165, 1.54) is 6.92 Å². The van der Waals surface area contributed by atoms with Crippen molar-refractivity contribution in [3.05, 3.63) is 60.2 Å². The molecule has 2 aromatic carbocycles. The smallest absolute Gasteiger partial charge is 0.308 e. The number of carbonyl (C=O) groups excluding carboxylic acids is 2. The molecule has 3 atom stereocenters. The lowest BCUT2D eigenvalue weighted by atomic mass is 9.61. The summed E-state index contributed by atoms with van der Waals surface area (Å²) in [7, 11) is 0. The van der Waals surface area contributed by atoms with Gasteiger partial charge in [-0.2, -0.15) is 0 Å². The number of Topliss-reactive ketones (excluding diaryl/α,β-unsaturated/α-hetero) is 1. The molecule has 1 amide bonds. The van der Waals surface area contributed by atoms with E-state index in [4.69, 9.17) is 0 Å². The predicted molar refractivity (Wildman–Crippen MR) is 121 cm³/mol. The van der Waals surface area contributed by atoms with E-state index in [-0.39, 0.29) is 12.2 Å². The normalized spacial score (nSPS) is 14.1. The Hall–Kier alpha value is -2.44. The summed E-state index contributed by atoms with van der Waals surface area (Å²) in [4.78, 5) is 25.5. The number of aliphatic hydroxyl groups excluding tert-OH is 1. The standard InChI is InChI=1S/C24H32BNO4/c1-16(2)14-23(25(4)30)26-24(29)21(17(3)27)15-22(28)20-12-10-19(11-13-20)18-8-6-5-7-9-18/h5-13,16-17,21,23,27,30H,14-15H2,1-4H3,(H,26,29)/t17-,21+,23+/m1/s1. The second-order valence-corrected chi connectivity index (χ2v) is 8.40. The lowest BCUT2D eigenvalue weighted by molar-refractivity contribution is -0.128. The van der Waals surface area contributed by atoms with Crippen LogP contribution < -0.4 is 5.32 Å². The maximum atomic E-state index is 12.8. The van der Waals surface area contributed by atoms with Crippen molar-refractivity contribution < 1.29 is 19.7 Å². The molecule has 5 nitrogen and oxygen atoms in total. The van der Waals surface area contributed by atoms with Crippen LogP contribution in [0.25, 0.3) is 11.1 Å². The van der Waals surface area contributed by atoms with Gasteiger partial charge in [0.2, 0.25) is 5.91 Å². The number of rotatable bonds is 10. The van der Waals surface area contributed by atoms with Crippen LogP contribution in [0, 0.1) is 11.8 Å². The monoisotopic (exact) mass is 409 g/mol. The number of benzene rings is 2. The summed E-state index contributed by atoms with van der Waals surface area (Å²) in [6, 6.07) is 17.1. The maximum Gasteiger partial charge on any atom is 0.308 e. The number of hydrogen-bond acceptors (Lipinski definition) is 4. The van der Waals surface area contributed by atoms with Crippen molar-refractivity contribution in [1.29, 1.82) is 0 Å². The van der Waals surface area contributed by atoms with Gasteiger partial charge in [0, 0.05) is 17.9 Å². The van der Waals surface area contributed by atoms with Crippen LogP contribution in [0.5, 0.6) is 0 Å². The highest BCUT2D eigenvalue weighted by molar-refractivity contribution is 6.51. The molecule has 160 valence electrons. The van der Waals surface area contributed by atoms with Crippen molar-refractivity contribution >= 4 is 18.6 Å². The Balaban J connectivity index is 2.08. The number of aliphatic hydroxyl groups is 1. The first-order valence-corrected chi connectivity index (χ1v) is 10.5. The molecule has 0 saturated heterocycles. The fourth-order valence-electron chi connectivity index (χ4n) is 3.45. The van der Waals surface area contributed by atoms with E-state index in [9.17, 15) is 19.7 Å². The van der Waals surface area contributed by atoms with Gasteiger partial charge in [-0.25, -0.2) is 0 Å². The van der Waals surface area contributed by atoms with Crippen molar-refractivity contribution in [2.24, 2.45) is 11.8 Å². The molecule has 0 aliphatic rings. The molecule has 0 bridgehead atoms. The molecular formula is C24H32BNO4. The first-order valence-electron chi connectivity index (χ1n) is 10.5. The Morgan fingerprint density at radius 2 is 1.53 bits per heavy atom. The molecule has 0 heterocycles. The van der Waals surface area contributed by atoms with Gasteiger partial charge in [-0.15, -0.1) is 0 Å². The van der Waals surface area contributed by atoms with Crippen LogP contribution in [0.2, 0.25) is 6.82 Å². The highest BCUT2D eigenvalue weighted by Gasteiger charge is 2.31. The summed E-state index contributed by atoms with van der Waals surface area (Å²) >= 11 is 0. The molecule has 0 fully saturated rings. The Morgan fingerprint density at radius 1 is 0.967 bits per heavy atom. The lowest BCUT2D eigenvalue weighted by Gasteiger charge is -2.25. The molecule has 2 rings (SSSR count). The average Bonchev–Trinajstić information content (AvgIpc) is 2.71. The molecule has 6 heteroatoms. The molecule has 0 aromatic heterocycles. The van der Waals surface area contributed by atoms with Gasteiger partial charge in [0.25, 0.3) is 0 Å². The highest BCUT2D eigenvalue weighted by Crippen LogP contribution is 2.21. The van der Waals surface area contributed by atoms with Crippen molar-refractivity contribution in [3.63, 3.8) is 0 Å². The topological polar surface area (TPSA) is 86.6 Å². The van der Waals surface area contributed by atoms with Crippen LogP contribution in [0.4, 0.5) is 0 Å². The van der Waals surface area contributed by atoms with Crippen LogP contribution in [-0.2, 0) is 4.79 Å². The van der Waals surface area contributed by atoms with Crippen LogP contribution in [0.15, 0.2) is 54.6 Å². The fourth-order valence-corrected chi connectivity index (χ4v) is 3.45. The first kappa shape index (κ1) is 23.8. The molecule has 0 aliphatic carbocycles. The molecule has 0 aliphatic heterocycles. The van der Waals surface area contributed by atoms with E-state index in [1.807, 2.05) is 56.3 Å². The van der Waals surface area contributed by atoms with Crippen molar-refractivity contribution in [2.75, 3.05) is 0 Å². The Bertz CT molecular complexity index is 819. The van der Waals surface area contributed by atoms with Crippen LogP contribution in [-0.4, -0.2) is 40.8 Å². The molecular weight excluding hydrogens is 377 g/mol. The summed E-state index contributed by atoms with van der Waals surface area (Å²) < 4.78 is 0. The fraction of sp³-hybridized carbons (Fsp3) is 0.417. The van der Waals surface area contributed by atoms with Crippen molar-refractivity contribution in [3.8, 4) is 11.1 Å². The first-order chi connectivity index (χ1) is 14.2. The van der Waals surface area contributed by atoms with E-state index in [1.54, 1.807) is 19.0 Å². The highest BCUT2D eigenvalue weighted by atomic mass is 16.3. The van der Waals surface area contributed by atoms with Gasteiger partial charge in [0.15, 0.2) is 5.78 Å². The molecule has 2 aromatic rings. The summed E-state index contributed by atoms with van der Waals surface area (Å²) in [5.74, 6) is -1.61. The van der Waals surface area contributed by atoms with E-state index >= 15 is 0 Å². The van der Waals surface area contributed by atoms with Gasteiger partial charge in [-0.1, -0.05) is 75.3 Å². The molecule has 30 heavy (non-hydrogen) atoms. The van der Waals surface area contributed by atoms with E-state index < -0.39 is 30.8 Å². The maximum absolute atomic E-state index is 12.8. The van der Waals surface area contributed by atoms with E-state index in [2.05, 4.69) is 5.32 Å². The largest absolute Gasteiger partial charge is 0.449 e. The zero-order chi connectivity index (χ0) is 22.3. The van der Waals surface area contributed by atoms with Crippen LogP contribution in [0.3, 0.4) is 0 Å². The third-order valence-electron chi connectivity index (χ3n) is 5.27. The number of hydrogen-bond donors (Lipinski definition) is 3. The number of carbonyl (C=O) groups is 2. The molecule has 0 radical (unpaired) electrons. The SMILES string of the molecule is CB(O)[C@H](CC(C)C)NC(=O)[C@@H](CC(=O)c1ccc(-c2ccccc2)cc1)[C@@H](C)O. The quantitative estimate of drug-likeness (QED) is 0.413. The minimum Gasteiger partial charge on any atom is -0.449 e. The predicted octanol–water partition coefficient (Wildman–Crippen LogP) is 3.61. The van der Waals surface area contributed by atoms with Crippen molar-refractivity contribution in [2.45, 2.75) is 52.5 Å². The average molecular weight is 409 g/mol. The molecule has 0 unspecified atom stereocenters. The van der Waals surface area contributed by atoms with Gasteiger partial charge < -0.3 is 15.4 Å². The van der Waals surface area contributed by atoms with Crippen molar-refractivity contribution in [1.82, 2.24) is 5.32 Å². The van der Waals surface area contributed by atoms with Crippen LogP contribution >= 0.6 is 0 Å². The summed E-state index contributed by atoms with van der Waals surface area (Å²) in [6.07, 6.45) is -0.459. The van der Waals surface area contributed by atoms with Gasteiger partial charge in [-0.05, 0) is 30.4 Å². The van der Waals surface area contributed by atoms with E-state index in [0.29, 0.717) is 17.9 Å². The second-order valence-electron chi connectivity index (χ2n) is 8.40. The third-order valence-corrected chi connectivity index (χ3v) is 5.27. The molecule has 0 spiro atoms. The Labute approximate surface area is 179 Å². The minimum absolute atomic E-state index is 0.0948. The minimum atomic E-state index is -0.980. The number of ketones is 1. The summed E-state index contributed by atoms with van der Waals surface area (Å²) in [5, 5.41) is 22.9. The summed E-state index contributed by atoms with van der Waals surface area (Å²) in [6.45, 7) is 6.44. The van der Waals surface area contributed by atoms with E-state index in [0.717, 1.165) is 11.1 Å². The zero-order valence-corrected chi connectivity index (χ0v) is 18.2. The lowest BCUT2D eigenvalue weighted by Crippen LogP contribution is -2.49. The summed E-state index contributed by atoms with van der Waals surface area (Å²) in [5.41, 5.74) is 2.57. The van der Waals surface area contributed by atoms with Crippen LogP contribution in [0.1, 0.15) is 44.0 Å². The third kappa shape index (κ3) is 6.82. The molecule has 0 saturated carbocycles. The molecule has 3 N–H and O–H groups in total. The van der Waals surface area contributed by atoms with Gasteiger partial charge >= 0.3 is 6.92 Å². The van der Waals surface area contributed by atoms with Gasteiger partial charge in [0.1, 0.15) is 0 Å². The number of nitrogens with one attached hydrogen (secondary N) is 1. The Kier molecular flexibility index (Phi) is 8.81. The van der Waals surface area contributed by atoms with Gasteiger partial charge in [-0.3, -0.25) is 9.59 Å². The zero-order valence-electron chi connectivity index (χ0n) is 18.2. The Morgan fingerprint density at radius 3 is 2.03 bits per heavy atom. The second kappa shape index (κ2) is 11.1. The van der Waals surface area contributed by atoms with Gasteiger partial charge in [0.05, 0.1) is 12.0 Å².